The third-order valence-electron chi connectivity index (χ3n) is 4.12. The molecule has 7 heteroatoms. The lowest BCUT2D eigenvalue weighted by atomic mass is 10.0. The highest BCUT2D eigenvalue weighted by Gasteiger charge is 2.23. The molecule has 136 valence electrons. The van der Waals surface area contributed by atoms with Crippen LogP contribution in [-0.2, 0) is 16.0 Å². The number of nitro groups is 1. The molecule has 2 aromatic carbocycles. The van der Waals surface area contributed by atoms with Crippen molar-refractivity contribution in [2.45, 2.75) is 26.3 Å². The van der Waals surface area contributed by atoms with Crippen molar-refractivity contribution in [1.29, 1.82) is 0 Å². The summed E-state index contributed by atoms with van der Waals surface area (Å²) in [6.07, 6.45) is 0.258. The summed E-state index contributed by atoms with van der Waals surface area (Å²) in [5.41, 5.74) is 3.00. The molecule has 2 rings (SSSR count). The summed E-state index contributed by atoms with van der Waals surface area (Å²) in [4.78, 5) is 34.8. The van der Waals surface area contributed by atoms with E-state index in [0.29, 0.717) is 0 Å². The van der Waals surface area contributed by atoms with E-state index in [9.17, 15) is 19.7 Å². The van der Waals surface area contributed by atoms with Gasteiger partial charge in [-0.3, -0.25) is 14.9 Å². The average Bonchev–Trinajstić information content (AvgIpc) is 2.63. The van der Waals surface area contributed by atoms with Crippen LogP contribution in [0.3, 0.4) is 0 Å². The zero-order valence-electron chi connectivity index (χ0n) is 14.8. The molecule has 1 N–H and O–H groups in total. The molecular formula is C19H20N2O5. The molecule has 0 unspecified atom stereocenters. The van der Waals surface area contributed by atoms with Crippen LogP contribution >= 0.6 is 0 Å². The molecule has 0 bridgehead atoms. The van der Waals surface area contributed by atoms with Gasteiger partial charge in [0.05, 0.1) is 12.0 Å². The summed E-state index contributed by atoms with van der Waals surface area (Å²) in [6.45, 7) is 3.95. The largest absolute Gasteiger partial charge is 0.467 e. The van der Waals surface area contributed by atoms with Gasteiger partial charge >= 0.3 is 5.97 Å². The molecular weight excluding hydrogens is 336 g/mol. The van der Waals surface area contributed by atoms with Crippen molar-refractivity contribution < 1.29 is 19.2 Å². The van der Waals surface area contributed by atoms with Crippen molar-refractivity contribution in [2.24, 2.45) is 0 Å². The van der Waals surface area contributed by atoms with Crippen LogP contribution in [0, 0.1) is 24.0 Å². The second-order valence-corrected chi connectivity index (χ2v) is 5.98. The molecule has 1 amide bonds. The second-order valence-electron chi connectivity index (χ2n) is 5.98. The number of non-ortho nitro benzene ring substituents is 1. The van der Waals surface area contributed by atoms with Crippen LogP contribution in [0.4, 0.5) is 5.69 Å². The molecule has 26 heavy (non-hydrogen) atoms. The van der Waals surface area contributed by atoms with Gasteiger partial charge in [0.15, 0.2) is 0 Å². The Morgan fingerprint density at radius 3 is 2.50 bits per heavy atom. The third kappa shape index (κ3) is 4.66. The normalized spacial score (nSPS) is 11.5. The summed E-state index contributed by atoms with van der Waals surface area (Å²) < 4.78 is 4.78. The number of carbonyl (C=O) groups excluding carboxylic acids is 2. The van der Waals surface area contributed by atoms with Crippen LogP contribution in [0.25, 0.3) is 0 Å². The van der Waals surface area contributed by atoms with Gasteiger partial charge in [0.2, 0.25) is 0 Å². The number of nitrogens with zero attached hydrogens (tertiary/aromatic N) is 1. The summed E-state index contributed by atoms with van der Waals surface area (Å²) in [6, 6.07) is 10.2. The number of aryl methyl sites for hydroxylation is 2. The van der Waals surface area contributed by atoms with E-state index in [-0.39, 0.29) is 17.7 Å². The Bertz CT molecular complexity index is 848. The highest BCUT2D eigenvalue weighted by molar-refractivity contribution is 5.97. The minimum absolute atomic E-state index is 0.105. The number of nitrogens with one attached hydrogen (secondary N) is 1. The molecule has 0 aromatic heterocycles. The van der Waals surface area contributed by atoms with Crippen LogP contribution in [-0.4, -0.2) is 30.0 Å². The van der Waals surface area contributed by atoms with Crippen molar-refractivity contribution in [3.63, 3.8) is 0 Å². The molecule has 0 aliphatic rings. The first-order chi connectivity index (χ1) is 12.3. The molecule has 0 aliphatic carbocycles. The van der Waals surface area contributed by atoms with Crippen LogP contribution in [0.5, 0.6) is 0 Å². The first-order valence-electron chi connectivity index (χ1n) is 8.01. The molecule has 0 radical (unpaired) electrons. The number of nitro benzene ring substituents is 1. The van der Waals surface area contributed by atoms with E-state index in [1.165, 1.54) is 31.4 Å². The fourth-order valence-corrected chi connectivity index (χ4v) is 2.50. The number of ether oxygens (including phenoxy) is 1. The van der Waals surface area contributed by atoms with Crippen LogP contribution in [0.2, 0.25) is 0 Å². The molecule has 7 nitrogen and oxygen atoms in total. The van der Waals surface area contributed by atoms with Gasteiger partial charge < -0.3 is 10.1 Å². The predicted octanol–water partition coefficient (Wildman–Crippen LogP) is 2.73. The Morgan fingerprint density at radius 1 is 1.15 bits per heavy atom. The van der Waals surface area contributed by atoms with E-state index in [0.717, 1.165) is 16.7 Å². The predicted molar refractivity (Wildman–Crippen MR) is 96.0 cm³/mol. The lowest BCUT2D eigenvalue weighted by molar-refractivity contribution is -0.384. The minimum Gasteiger partial charge on any atom is -0.467 e. The fraction of sp³-hybridized carbons (Fsp3) is 0.263. The molecule has 0 saturated carbocycles. The Morgan fingerprint density at radius 2 is 1.88 bits per heavy atom. The minimum atomic E-state index is -0.895. The van der Waals surface area contributed by atoms with Crippen molar-refractivity contribution >= 4 is 17.6 Å². The van der Waals surface area contributed by atoms with E-state index in [1.807, 2.05) is 32.0 Å². The second kappa shape index (κ2) is 8.24. The zero-order chi connectivity index (χ0) is 19.3. The molecule has 0 spiro atoms. The van der Waals surface area contributed by atoms with Crippen molar-refractivity contribution in [3.8, 4) is 0 Å². The van der Waals surface area contributed by atoms with Gasteiger partial charge in [-0.25, -0.2) is 4.79 Å². The lowest BCUT2D eigenvalue weighted by Crippen LogP contribution is -2.43. The van der Waals surface area contributed by atoms with Crippen molar-refractivity contribution in [1.82, 2.24) is 5.32 Å². The molecule has 0 saturated heterocycles. The van der Waals surface area contributed by atoms with Crippen molar-refractivity contribution in [2.75, 3.05) is 7.11 Å². The lowest BCUT2D eigenvalue weighted by Gasteiger charge is -2.17. The number of hydrogen-bond donors (Lipinski definition) is 1. The smallest absolute Gasteiger partial charge is 0.328 e. The van der Waals surface area contributed by atoms with Crippen LogP contribution in [0.15, 0.2) is 42.5 Å². The summed E-state index contributed by atoms with van der Waals surface area (Å²) in [7, 11) is 1.25. The summed E-state index contributed by atoms with van der Waals surface area (Å²) in [5, 5.41) is 13.4. The summed E-state index contributed by atoms with van der Waals surface area (Å²) in [5.74, 6) is -1.16. The maximum absolute atomic E-state index is 12.4. The van der Waals surface area contributed by atoms with E-state index < -0.39 is 22.8 Å². The molecule has 2 aromatic rings. The highest BCUT2D eigenvalue weighted by atomic mass is 16.6. The van der Waals surface area contributed by atoms with Crippen molar-refractivity contribution in [3.05, 3.63) is 74.8 Å². The van der Waals surface area contributed by atoms with E-state index >= 15 is 0 Å². The van der Waals surface area contributed by atoms with Gasteiger partial charge in [-0.05, 0) is 36.6 Å². The number of methoxy groups -OCH3 is 1. The molecule has 1 atom stereocenters. The number of benzene rings is 2. The summed E-state index contributed by atoms with van der Waals surface area (Å²) >= 11 is 0. The van der Waals surface area contributed by atoms with Gasteiger partial charge in [0, 0.05) is 24.1 Å². The topological polar surface area (TPSA) is 98.5 Å². The van der Waals surface area contributed by atoms with Gasteiger partial charge in [0.25, 0.3) is 11.6 Å². The maximum Gasteiger partial charge on any atom is 0.328 e. The Balaban J connectivity index is 2.20. The van der Waals surface area contributed by atoms with Gasteiger partial charge in [-0.15, -0.1) is 0 Å². The average molecular weight is 356 g/mol. The third-order valence-corrected chi connectivity index (χ3v) is 4.12. The van der Waals surface area contributed by atoms with Gasteiger partial charge in [-0.1, -0.05) is 24.3 Å². The van der Waals surface area contributed by atoms with Gasteiger partial charge in [0.1, 0.15) is 6.04 Å². The van der Waals surface area contributed by atoms with Crippen LogP contribution < -0.4 is 5.32 Å². The molecule has 0 aliphatic heterocycles. The number of amides is 1. The highest BCUT2D eigenvalue weighted by Crippen LogP contribution is 2.15. The fourth-order valence-electron chi connectivity index (χ4n) is 2.50. The molecule has 0 fully saturated rings. The standard InChI is InChI=1S/C19H20N2O5/c1-12-7-8-14(9-13(12)2)10-17(19(23)26-3)20-18(22)15-5-4-6-16(11-15)21(24)25/h4-9,11,17H,10H2,1-3H3,(H,20,22)/t17-/m0/s1. The number of esters is 1. The molecule has 0 heterocycles. The zero-order valence-corrected chi connectivity index (χ0v) is 14.8. The van der Waals surface area contributed by atoms with Gasteiger partial charge in [-0.2, -0.15) is 0 Å². The number of carbonyl (C=O) groups is 2. The first-order valence-corrected chi connectivity index (χ1v) is 8.01. The Kier molecular flexibility index (Phi) is 6.06. The van der Waals surface area contributed by atoms with E-state index in [2.05, 4.69) is 5.32 Å². The van der Waals surface area contributed by atoms with Crippen LogP contribution in [0.1, 0.15) is 27.0 Å². The first kappa shape index (κ1) is 19.1. The number of hydrogen-bond acceptors (Lipinski definition) is 5. The number of rotatable bonds is 6. The SMILES string of the molecule is COC(=O)[C@H](Cc1ccc(C)c(C)c1)NC(=O)c1cccc([N+](=O)[O-])c1. The Hall–Kier alpha value is -3.22. The van der Waals surface area contributed by atoms with E-state index in [4.69, 9.17) is 4.74 Å². The monoisotopic (exact) mass is 356 g/mol. The maximum atomic E-state index is 12.4. The van der Waals surface area contributed by atoms with E-state index in [1.54, 1.807) is 0 Å². The quantitative estimate of drug-likeness (QED) is 0.487. The Labute approximate surface area is 151 Å².